The molecule has 6 rings (SSSR count). The van der Waals surface area contributed by atoms with Gasteiger partial charge in [0.25, 0.3) is 0 Å². The van der Waals surface area contributed by atoms with E-state index in [1.807, 2.05) is 0 Å². The monoisotopic (exact) mass is 306 g/mol. The molecular weight excluding hydrogens is 284 g/mol. The lowest BCUT2D eigenvalue weighted by molar-refractivity contribution is -0.0107. The number of fused-ring (bicyclic) bond motifs is 1. The third kappa shape index (κ3) is 1.96. The lowest BCUT2D eigenvalue weighted by Crippen LogP contribution is -2.62. The molecule has 0 spiro atoms. The first-order valence-corrected chi connectivity index (χ1v) is 8.79. The summed E-state index contributed by atoms with van der Waals surface area (Å²) in [7, 11) is 0. The highest BCUT2D eigenvalue weighted by molar-refractivity contribution is 5.76. The van der Waals surface area contributed by atoms with Crippen molar-refractivity contribution in [1.29, 1.82) is 5.26 Å². The quantitative estimate of drug-likeness (QED) is 0.881. The van der Waals surface area contributed by atoms with E-state index < -0.39 is 0 Å². The van der Waals surface area contributed by atoms with E-state index >= 15 is 0 Å². The number of rotatable bonds is 2. The second-order valence-corrected chi connectivity index (χ2v) is 8.13. The SMILES string of the molecule is N#Cc1cnc2c(c1NC1C3CC4CC1CC(N)(C4)C3)C=CC2. The Morgan fingerprint density at radius 3 is 2.74 bits per heavy atom. The van der Waals surface area contributed by atoms with Crippen molar-refractivity contribution in [2.24, 2.45) is 23.5 Å². The Hall–Kier alpha value is -1.86. The maximum absolute atomic E-state index is 9.50. The van der Waals surface area contributed by atoms with Gasteiger partial charge in [0.1, 0.15) is 6.07 Å². The number of hydrogen-bond donors (Lipinski definition) is 2. The highest BCUT2D eigenvalue weighted by Crippen LogP contribution is 2.55. The molecule has 0 amide bonds. The second kappa shape index (κ2) is 4.58. The summed E-state index contributed by atoms with van der Waals surface area (Å²) < 4.78 is 0. The zero-order chi connectivity index (χ0) is 15.6. The van der Waals surface area contributed by atoms with Gasteiger partial charge in [-0.3, -0.25) is 4.98 Å². The van der Waals surface area contributed by atoms with Crippen LogP contribution in [0.3, 0.4) is 0 Å². The van der Waals surface area contributed by atoms with Gasteiger partial charge in [0, 0.05) is 29.8 Å². The van der Waals surface area contributed by atoms with E-state index in [0.717, 1.165) is 42.1 Å². The molecule has 5 aliphatic carbocycles. The van der Waals surface area contributed by atoms with Crippen molar-refractivity contribution in [3.63, 3.8) is 0 Å². The van der Waals surface area contributed by atoms with E-state index in [0.29, 0.717) is 23.4 Å². The standard InChI is InChI=1S/C19H22N4/c20-9-14-10-22-16-3-1-2-15(16)18(14)23-17-12-4-11-5-13(17)8-19(21,6-11)7-12/h1-2,10-13,17H,3-8,21H2,(H,22,23). The number of nitrogens with two attached hydrogens (primary N) is 1. The van der Waals surface area contributed by atoms with Crippen LogP contribution in [-0.4, -0.2) is 16.6 Å². The van der Waals surface area contributed by atoms with Crippen molar-refractivity contribution in [2.75, 3.05) is 5.32 Å². The van der Waals surface area contributed by atoms with Gasteiger partial charge in [0.05, 0.1) is 16.9 Å². The molecule has 2 unspecified atom stereocenters. The average molecular weight is 306 g/mol. The van der Waals surface area contributed by atoms with Crippen molar-refractivity contribution in [2.45, 2.75) is 50.1 Å². The molecule has 0 radical (unpaired) electrons. The number of anilines is 1. The van der Waals surface area contributed by atoms with E-state index in [1.54, 1.807) is 6.20 Å². The van der Waals surface area contributed by atoms with Gasteiger partial charge in [-0.05, 0) is 49.9 Å². The van der Waals surface area contributed by atoms with E-state index in [-0.39, 0.29) is 5.54 Å². The number of nitrogens with one attached hydrogen (secondary N) is 1. The van der Waals surface area contributed by atoms with Crippen LogP contribution in [0.2, 0.25) is 0 Å². The largest absolute Gasteiger partial charge is 0.380 e. The molecule has 1 heterocycles. The van der Waals surface area contributed by atoms with Gasteiger partial charge >= 0.3 is 0 Å². The summed E-state index contributed by atoms with van der Waals surface area (Å²) in [4.78, 5) is 4.44. The Morgan fingerprint density at radius 1 is 1.26 bits per heavy atom. The zero-order valence-electron chi connectivity index (χ0n) is 13.3. The number of hydrogen-bond acceptors (Lipinski definition) is 4. The van der Waals surface area contributed by atoms with Crippen LogP contribution in [-0.2, 0) is 6.42 Å². The van der Waals surface area contributed by atoms with E-state index in [1.165, 1.54) is 19.3 Å². The summed E-state index contributed by atoms with van der Waals surface area (Å²) in [5.74, 6) is 2.15. The van der Waals surface area contributed by atoms with Crippen LogP contribution in [0.1, 0.15) is 48.9 Å². The molecule has 3 N–H and O–H groups in total. The molecule has 1 aromatic rings. The molecule has 4 saturated carbocycles. The minimum atomic E-state index is 0.0901. The molecule has 0 saturated heterocycles. The van der Waals surface area contributed by atoms with Gasteiger partial charge in [-0.1, -0.05) is 12.2 Å². The molecule has 5 aliphatic rings. The van der Waals surface area contributed by atoms with Gasteiger partial charge in [-0.2, -0.15) is 5.26 Å². The number of allylic oxidation sites excluding steroid dienone is 1. The van der Waals surface area contributed by atoms with E-state index in [2.05, 4.69) is 28.5 Å². The Bertz CT molecular complexity index is 728. The normalized spacial score (nSPS) is 39.3. The molecule has 118 valence electrons. The van der Waals surface area contributed by atoms with Crippen LogP contribution in [0.4, 0.5) is 5.69 Å². The summed E-state index contributed by atoms with van der Waals surface area (Å²) in [6, 6.07) is 2.79. The lowest BCUT2D eigenvalue weighted by Gasteiger charge is -2.59. The molecule has 0 aliphatic heterocycles. The average Bonchev–Trinajstić information content (AvgIpc) is 2.98. The first kappa shape index (κ1) is 13.6. The maximum atomic E-state index is 9.50. The molecule has 4 fully saturated rings. The van der Waals surface area contributed by atoms with Gasteiger partial charge in [0.15, 0.2) is 0 Å². The van der Waals surface area contributed by atoms with Crippen molar-refractivity contribution >= 4 is 11.8 Å². The minimum absolute atomic E-state index is 0.0901. The van der Waals surface area contributed by atoms with Crippen molar-refractivity contribution < 1.29 is 0 Å². The van der Waals surface area contributed by atoms with E-state index in [4.69, 9.17) is 5.73 Å². The highest BCUT2D eigenvalue weighted by atomic mass is 15.0. The molecule has 2 atom stereocenters. The fourth-order valence-electron chi connectivity index (χ4n) is 5.93. The van der Waals surface area contributed by atoms with Gasteiger partial charge < -0.3 is 11.1 Å². The summed E-state index contributed by atoms with van der Waals surface area (Å²) in [6.07, 6.45) is 13.0. The summed E-state index contributed by atoms with van der Waals surface area (Å²) >= 11 is 0. The third-order valence-corrected chi connectivity index (χ3v) is 6.55. The molecule has 0 aromatic carbocycles. The van der Waals surface area contributed by atoms with Gasteiger partial charge in [-0.25, -0.2) is 0 Å². The summed E-state index contributed by atoms with van der Waals surface area (Å²) in [6.45, 7) is 0. The van der Waals surface area contributed by atoms with Crippen LogP contribution < -0.4 is 11.1 Å². The lowest BCUT2D eigenvalue weighted by atomic mass is 9.51. The van der Waals surface area contributed by atoms with Crippen LogP contribution in [0, 0.1) is 29.1 Å². The molecule has 1 aromatic heterocycles. The van der Waals surface area contributed by atoms with Crippen LogP contribution in [0.15, 0.2) is 12.3 Å². The smallest absolute Gasteiger partial charge is 0.103 e. The number of nitrogens with zero attached hydrogens (tertiary/aromatic N) is 2. The predicted octanol–water partition coefficient (Wildman–Crippen LogP) is 2.84. The fraction of sp³-hybridized carbons (Fsp3) is 0.579. The minimum Gasteiger partial charge on any atom is -0.380 e. The molecule has 4 nitrogen and oxygen atoms in total. The summed E-state index contributed by atoms with van der Waals surface area (Å²) in [5, 5.41) is 13.3. The first-order chi connectivity index (χ1) is 11.1. The Balaban J connectivity index is 1.51. The van der Waals surface area contributed by atoms with Gasteiger partial charge in [-0.15, -0.1) is 0 Å². The topological polar surface area (TPSA) is 74.7 Å². The fourth-order valence-corrected chi connectivity index (χ4v) is 5.93. The maximum Gasteiger partial charge on any atom is 0.103 e. The Labute approximate surface area is 136 Å². The molecule has 4 bridgehead atoms. The predicted molar refractivity (Wildman–Crippen MR) is 89.6 cm³/mol. The van der Waals surface area contributed by atoms with Crippen LogP contribution in [0.25, 0.3) is 6.08 Å². The third-order valence-electron chi connectivity index (χ3n) is 6.55. The number of aromatic nitrogens is 1. The Morgan fingerprint density at radius 2 is 2.04 bits per heavy atom. The first-order valence-electron chi connectivity index (χ1n) is 8.79. The van der Waals surface area contributed by atoms with Gasteiger partial charge in [0.2, 0.25) is 0 Å². The summed E-state index contributed by atoms with van der Waals surface area (Å²) in [5.41, 5.74) is 10.6. The van der Waals surface area contributed by atoms with E-state index in [9.17, 15) is 5.26 Å². The van der Waals surface area contributed by atoms with Crippen LogP contribution >= 0.6 is 0 Å². The number of nitriles is 1. The molecular formula is C19H22N4. The highest BCUT2D eigenvalue weighted by Gasteiger charge is 2.53. The molecule has 4 heteroatoms. The second-order valence-electron chi connectivity index (χ2n) is 8.13. The molecule has 23 heavy (non-hydrogen) atoms. The van der Waals surface area contributed by atoms with Crippen molar-refractivity contribution in [3.8, 4) is 6.07 Å². The van der Waals surface area contributed by atoms with Crippen LogP contribution in [0.5, 0.6) is 0 Å². The zero-order valence-corrected chi connectivity index (χ0v) is 13.3. The Kier molecular flexibility index (Phi) is 2.70. The van der Waals surface area contributed by atoms with Crippen molar-refractivity contribution in [3.05, 3.63) is 29.1 Å². The number of pyridine rings is 1. The van der Waals surface area contributed by atoms with Crippen molar-refractivity contribution in [1.82, 2.24) is 4.98 Å².